The van der Waals surface area contributed by atoms with Crippen LogP contribution in [0.3, 0.4) is 0 Å². The summed E-state index contributed by atoms with van der Waals surface area (Å²) in [5.74, 6) is 0. The molecular formula is C58H38N2O. The van der Waals surface area contributed by atoms with E-state index in [4.69, 9.17) is 4.42 Å². The molecule has 0 atom stereocenters. The van der Waals surface area contributed by atoms with Crippen molar-refractivity contribution < 1.29 is 4.42 Å². The number of rotatable bonds is 7. The molecule has 3 heteroatoms. The molecule has 0 saturated carbocycles. The van der Waals surface area contributed by atoms with Gasteiger partial charge in [-0.05, 0) is 99.9 Å². The van der Waals surface area contributed by atoms with Gasteiger partial charge in [0.05, 0.1) is 16.7 Å². The first-order chi connectivity index (χ1) is 30.3. The van der Waals surface area contributed by atoms with E-state index >= 15 is 0 Å². The summed E-state index contributed by atoms with van der Waals surface area (Å²) >= 11 is 0. The lowest BCUT2D eigenvalue weighted by molar-refractivity contribution is 0.673. The van der Waals surface area contributed by atoms with Crippen LogP contribution in [0, 0.1) is 0 Å². The molecule has 61 heavy (non-hydrogen) atoms. The van der Waals surface area contributed by atoms with Gasteiger partial charge in [-0.1, -0.05) is 164 Å². The molecule has 0 aliphatic rings. The number of para-hydroxylation sites is 3. The number of anilines is 3. The van der Waals surface area contributed by atoms with Crippen LogP contribution < -0.4 is 4.90 Å². The molecule has 0 spiro atoms. The topological polar surface area (TPSA) is 21.3 Å². The van der Waals surface area contributed by atoms with E-state index in [0.717, 1.165) is 72.3 Å². The molecule has 12 aromatic rings. The number of benzene rings is 10. The molecule has 0 radical (unpaired) electrons. The average Bonchev–Trinajstić information content (AvgIpc) is 3.89. The predicted octanol–water partition coefficient (Wildman–Crippen LogP) is 16.3. The third-order valence-electron chi connectivity index (χ3n) is 12.2. The van der Waals surface area contributed by atoms with Crippen LogP contribution in [0.15, 0.2) is 235 Å². The Morgan fingerprint density at radius 3 is 1.66 bits per heavy atom. The minimum atomic E-state index is 0.880. The molecule has 0 bridgehead atoms. The summed E-state index contributed by atoms with van der Waals surface area (Å²) in [4.78, 5) is 2.39. The molecule has 0 N–H and O–H groups in total. The summed E-state index contributed by atoms with van der Waals surface area (Å²) < 4.78 is 9.05. The number of furan rings is 1. The number of aromatic nitrogens is 1. The third-order valence-corrected chi connectivity index (χ3v) is 12.2. The molecule has 0 aliphatic heterocycles. The monoisotopic (exact) mass is 778 g/mol. The summed E-state index contributed by atoms with van der Waals surface area (Å²) in [7, 11) is 0. The summed E-state index contributed by atoms with van der Waals surface area (Å²) in [6.07, 6.45) is 0. The van der Waals surface area contributed by atoms with Crippen molar-refractivity contribution in [3.05, 3.63) is 231 Å². The Bertz CT molecular complexity index is 3520. The van der Waals surface area contributed by atoms with Gasteiger partial charge in [0.2, 0.25) is 0 Å². The molecule has 12 rings (SSSR count). The van der Waals surface area contributed by atoms with Crippen LogP contribution in [0.1, 0.15) is 0 Å². The predicted molar refractivity (Wildman–Crippen MR) is 257 cm³/mol. The highest BCUT2D eigenvalue weighted by molar-refractivity contribution is 6.20. The highest BCUT2D eigenvalue weighted by Crippen LogP contribution is 2.46. The van der Waals surface area contributed by atoms with Crippen LogP contribution in [0.4, 0.5) is 17.1 Å². The maximum absolute atomic E-state index is 6.67. The van der Waals surface area contributed by atoms with E-state index < -0.39 is 0 Å². The minimum absolute atomic E-state index is 0.880. The van der Waals surface area contributed by atoms with Crippen molar-refractivity contribution in [2.45, 2.75) is 0 Å². The van der Waals surface area contributed by atoms with Gasteiger partial charge >= 0.3 is 0 Å². The standard InChI is InChI=1S/C58H38N2O/c1-2-14-39(15-3-1)40-28-33-44(34-29-40)59(53-24-9-8-22-50(53)51-23-13-27-56-57(51)52-37-32-42-16-4-5-19-47(42)58(52)61-56)45-35-30-41(31-36-45)43-17-12-18-46(38-43)60-54-25-10-6-20-48(54)49-21-7-11-26-55(49)60/h1-38H. The van der Waals surface area contributed by atoms with Gasteiger partial charge in [-0.3, -0.25) is 0 Å². The normalized spacial score (nSPS) is 11.6. The molecule has 286 valence electrons. The van der Waals surface area contributed by atoms with Crippen molar-refractivity contribution in [3.8, 4) is 39.1 Å². The van der Waals surface area contributed by atoms with Crippen LogP contribution in [-0.2, 0) is 0 Å². The molecule has 0 fully saturated rings. The van der Waals surface area contributed by atoms with Gasteiger partial charge in [0.25, 0.3) is 0 Å². The lowest BCUT2D eigenvalue weighted by atomic mass is 9.96. The number of fused-ring (bicyclic) bond motifs is 8. The molecule has 0 unspecified atom stereocenters. The van der Waals surface area contributed by atoms with E-state index in [1.807, 2.05) is 0 Å². The second-order valence-corrected chi connectivity index (χ2v) is 15.7. The highest BCUT2D eigenvalue weighted by Gasteiger charge is 2.21. The zero-order valence-electron chi connectivity index (χ0n) is 33.2. The molecule has 3 nitrogen and oxygen atoms in total. The van der Waals surface area contributed by atoms with Gasteiger partial charge in [-0.2, -0.15) is 0 Å². The number of nitrogens with zero attached hydrogens (tertiary/aromatic N) is 2. The van der Waals surface area contributed by atoms with Crippen LogP contribution in [-0.4, -0.2) is 4.57 Å². The SMILES string of the molecule is c1ccc(-c2ccc(N(c3ccc(-c4cccc(-n5c6ccccc6c6ccccc65)c4)cc3)c3ccccc3-c3cccc4oc5c6ccccc6ccc5c34)cc2)cc1. The Hall–Kier alpha value is -8.14. The second kappa shape index (κ2) is 14.3. The molecule has 2 aromatic heterocycles. The maximum Gasteiger partial charge on any atom is 0.143 e. The summed E-state index contributed by atoms with van der Waals surface area (Å²) in [6.45, 7) is 0. The lowest BCUT2D eigenvalue weighted by Crippen LogP contribution is -2.11. The molecule has 10 aromatic carbocycles. The van der Waals surface area contributed by atoms with Crippen molar-refractivity contribution in [2.75, 3.05) is 4.90 Å². The van der Waals surface area contributed by atoms with Gasteiger partial charge < -0.3 is 13.9 Å². The van der Waals surface area contributed by atoms with E-state index in [9.17, 15) is 0 Å². The first-order valence-corrected chi connectivity index (χ1v) is 20.8. The van der Waals surface area contributed by atoms with E-state index in [0.29, 0.717) is 0 Å². The average molecular weight is 779 g/mol. The Balaban J connectivity index is 0.996. The van der Waals surface area contributed by atoms with Crippen LogP contribution in [0.25, 0.3) is 93.6 Å². The zero-order valence-corrected chi connectivity index (χ0v) is 33.2. The molecular weight excluding hydrogens is 741 g/mol. The van der Waals surface area contributed by atoms with Gasteiger partial charge in [-0.15, -0.1) is 0 Å². The van der Waals surface area contributed by atoms with Crippen molar-refractivity contribution in [2.24, 2.45) is 0 Å². The van der Waals surface area contributed by atoms with Crippen LogP contribution >= 0.6 is 0 Å². The minimum Gasteiger partial charge on any atom is -0.455 e. The van der Waals surface area contributed by atoms with Crippen LogP contribution in [0.2, 0.25) is 0 Å². The van der Waals surface area contributed by atoms with E-state index in [1.54, 1.807) is 0 Å². The van der Waals surface area contributed by atoms with Crippen molar-refractivity contribution in [1.82, 2.24) is 4.57 Å². The van der Waals surface area contributed by atoms with Crippen molar-refractivity contribution in [1.29, 1.82) is 0 Å². The summed E-state index contributed by atoms with van der Waals surface area (Å²) in [6, 6.07) is 82.8. The molecule has 0 aliphatic carbocycles. The first kappa shape index (κ1) is 34.9. The number of hydrogen-bond acceptors (Lipinski definition) is 2. The van der Waals surface area contributed by atoms with E-state index in [-0.39, 0.29) is 0 Å². The fourth-order valence-corrected chi connectivity index (χ4v) is 9.36. The second-order valence-electron chi connectivity index (χ2n) is 15.7. The Morgan fingerprint density at radius 1 is 0.361 bits per heavy atom. The fourth-order valence-electron chi connectivity index (χ4n) is 9.36. The Labute approximate surface area is 353 Å². The summed E-state index contributed by atoms with van der Waals surface area (Å²) in [5, 5.41) is 7.05. The first-order valence-electron chi connectivity index (χ1n) is 20.8. The summed E-state index contributed by atoms with van der Waals surface area (Å²) in [5.41, 5.74) is 15.5. The van der Waals surface area contributed by atoms with Crippen molar-refractivity contribution >= 4 is 71.6 Å². The maximum atomic E-state index is 6.67. The zero-order chi connectivity index (χ0) is 40.3. The third kappa shape index (κ3) is 5.82. The molecule has 2 heterocycles. The fraction of sp³-hybridized carbons (Fsp3) is 0. The van der Waals surface area contributed by atoms with Gasteiger partial charge in [0, 0.05) is 49.6 Å². The Kier molecular flexibility index (Phi) is 8.17. The van der Waals surface area contributed by atoms with Crippen LogP contribution in [0.5, 0.6) is 0 Å². The Morgan fingerprint density at radius 2 is 0.918 bits per heavy atom. The van der Waals surface area contributed by atoms with Crippen molar-refractivity contribution in [3.63, 3.8) is 0 Å². The quantitative estimate of drug-likeness (QED) is 0.161. The molecule has 0 saturated heterocycles. The smallest absolute Gasteiger partial charge is 0.143 e. The van der Waals surface area contributed by atoms with E-state index in [1.165, 1.54) is 38.3 Å². The largest absolute Gasteiger partial charge is 0.455 e. The van der Waals surface area contributed by atoms with Gasteiger partial charge in [0.15, 0.2) is 0 Å². The molecule has 0 amide bonds. The van der Waals surface area contributed by atoms with E-state index in [2.05, 4.69) is 240 Å². The van der Waals surface area contributed by atoms with Gasteiger partial charge in [-0.25, -0.2) is 0 Å². The highest BCUT2D eigenvalue weighted by atomic mass is 16.3. The lowest BCUT2D eigenvalue weighted by Gasteiger charge is -2.28. The number of hydrogen-bond donors (Lipinski definition) is 0. The van der Waals surface area contributed by atoms with Gasteiger partial charge in [0.1, 0.15) is 11.2 Å².